The molecule has 0 N–H and O–H groups in total. The summed E-state index contributed by atoms with van der Waals surface area (Å²) in [4.78, 5) is 29.2. The number of halogens is 2. The molecule has 0 aliphatic carbocycles. The minimum Gasteiger partial charge on any atom is -0.483 e. The molecule has 1 unspecified atom stereocenters. The second-order valence-electron chi connectivity index (χ2n) is 9.41. The van der Waals surface area contributed by atoms with Gasteiger partial charge in [0.15, 0.2) is 16.5 Å². The number of hydrogen-bond donors (Lipinski definition) is 0. The number of nitrogens with zero attached hydrogens (tertiary/aromatic N) is 4. The van der Waals surface area contributed by atoms with Crippen molar-refractivity contribution in [3.63, 3.8) is 0 Å². The highest BCUT2D eigenvalue weighted by atomic mass is 32.1. The van der Waals surface area contributed by atoms with Crippen molar-refractivity contribution in [1.29, 1.82) is 0 Å². The Hall–Kier alpha value is -3.96. The molecule has 0 radical (unpaired) electrons. The first-order valence-electron chi connectivity index (χ1n) is 12.6. The average Bonchev–Trinajstić information content (AvgIpc) is 3.61. The van der Waals surface area contributed by atoms with Crippen molar-refractivity contribution in [3.05, 3.63) is 98.4 Å². The van der Waals surface area contributed by atoms with E-state index >= 15 is 0 Å². The van der Waals surface area contributed by atoms with Crippen LogP contribution in [0, 0.1) is 11.6 Å². The normalized spacial score (nSPS) is 18.2. The lowest BCUT2D eigenvalue weighted by Crippen LogP contribution is -2.51. The second-order valence-corrected chi connectivity index (χ2v) is 10.5. The van der Waals surface area contributed by atoms with Crippen LogP contribution in [0.1, 0.15) is 39.6 Å². The molecule has 2 atom stereocenters. The van der Waals surface area contributed by atoms with Crippen molar-refractivity contribution in [2.24, 2.45) is 0 Å². The highest BCUT2D eigenvalue weighted by molar-refractivity contribution is 7.14. The predicted molar refractivity (Wildman–Crippen MR) is 140 cm³/mol. The van der Waals surface area contributed by atoms with Gasteiger partial charge in [0, 0.05) is 25.2 Å². The molecule has 0 bridgehead atoms. The average molecular weight is 551 g/mol. The highest BCUT2D eigenvalue weighted by Gasteiger charge is 2.44. The number of amides is 1. The van der Waals surface area contributed by atoms with Gasteiger partial charge in [-0.3, -0.25) is 9.59 Å². The van der Waals surface area contributed by atoms with Gasteiger partial charge in [-0.1, -0.05) is 47.7 Å². The first kappa shape index (κ1) is 25.3. The predicted octanol–water partition coefficient (Wildman–Crippen LogP) is 4.23. The van der Waals surface area contributed by atoms with Crippen LogP contribution in [-0.2, 0) is 17.8 Å². The number of carbonyl (C=O) groups excluding carboxylic acids is 1. The molecule has 200 valence electrons. The van der Waals surface area contributed by atoms with E-state index in [1.165, 1.54) is 12.1 Å². The minimum atomic E-state index is -0.677. The zero-order valence-corrected chi connectivity index (χ0v) is 21.8. The largest absolute Gasteiger partial charge is 0.483 e. The van der Waals surface area contributed by atoms with Crippen LogP contribution in [0.15, 0.2) is 59.5 Å². The smallest absolute Gasteiger partial charge is 0.274 e. The summed E-state index contributed by atoms with van der Waals surface area (Å²) < 4.78 is 41.1. The standard InChI is InChI=1S/C28H24F2N4O4S/c1-2-33-21-14-37-15-22(21)34-12-19(27-32-31-23(39-27)10-17-8-9-18(29)11-20(17)30)25(35)26(24(34)28(33)36)38-13-16-6-4-3-5-7-16/h3-9,11-12,21-22H,2,10,13-15H2,1H3/t21?,22-/m1/s1. The monoisotopic (exact) mass is 550 g/mol. The zero-order chi connectivity index (χ0) is 27.1. The van der Waals surface area contributed by atoms with Gasteiger partial charge in [0.25, 0.3) is 5.91 Å². The van der Waals surface area contributed by atoms with Crippen molar-refractivity contribution < 1.29 is 23.0 Å². The van der Waals surface area contributed by atoms with E-state index < -0.39 is 17.1 Å². The van der Waals surface area contributed by atoms with Crippen molar-refractivity contribution in [2.45, 2.75) is 32.0 Å². The van der Waals surface area contributed by atoms with Crippen LogP contribution in [0.4, 0.5) is 8.78 Å². The molecule has 8 nitrogen and oxygen atoms in total. The van der Waals surface area contributed by atoms with Gasteiger partial charge in [0.1, 0.15) is 23.2 Å². The molecule has 39 heavy (non-hydrogen) atoms. The maximum atomic E-state index is 14.2. The topological polar surface area (TPSA) is 86.5 Å². The highest BCUT2D eigenvalue weighted by Crippen LogP contribution is 2.37. The first-order chi connectivity index (χ1) is 18.9. The number of hydrogen-bond acceptors (Lipinski definition) is 7. The Morgan fingerprint density at radius 2 is 1.87 bits per heavy atom. The maximum absolute atomic E-state index is 14.2. The number of benzene rings is 2. The SMILES string of the molecule is CCN1C(=O)c2c(OCc3ccccc3)c(=O)c(-c3nnc(Cc4ccc(F)cc4F)s3)cn2[C@@H]2COCC21. The number of aromatic nitrogens is 3. The summed E-state index contributed by atoms with van der Waals surface area (Å²) >= 11 is 1.13. The van der Waals surface area contributed by atoms with Crippen LogP contribution in [0.5, 0.6) is 5.75 Å². The Kier molecular flexibility index (Phi) is 6.69. The molecule has 2 aromatic carbocycles. The van der Waals surface area contributed by atoms with Gasteiger partial charge in [-0.25, -0.2) is 8.78 Å². The summed E-state index contributed by atoms with van der Waals surface area (Å²) in [6.07, 6.45) is 1.73. The maximum Gasteiger partial charge on any atom is 0.274 e. The Balaban J connectivity index is 1.43. The van der Waals surface area contributed by atoms with Crippen molar-refractivity contribution in [1.82, 2.24) is 19.7 Å². The molecular weight excluding hydrogens is 526 g/mol. The minimum absolute atomic E-state index is 0.0496. The molecule has 1 amide bonds. The van der Waals surface area contributed by atoms with E-state index in [2.05, 4.69) is 10.2 Å². The number of carbonyl (C=O) groups is 1. The van der Waals surface area contributed by atoms with Gasteiger partial charge >= 0.3 is 0 Å². The molecule has 1 saturated heterocycles. The van der Waals surface area contributed by atoms with Crippen molar-refractivity contribution in [3.8, 4) is 16.3 Å². The van der Waals surface area contributed by atoms with E-state index in [1.54, 1.807) is 15.7 Å². The van der Waals surface area contributed by atoms with Crippen LogP contribution in [0.3, 0.4) is 0 Å². The van der Waals surface area contributed by atoms with Crippen LogP contribution in [0.25, 0.3) is 10.6 Å². The Labute approximate surface area is 226 Å². The van der Waals surface area contributed by atoms with Crippen LogP contribution < -0.4 is 10.2 Å². The van der Waals surface area contributed by atoms with E-state index in [0.29, 0.717) is 29.8 Å². The van der Waals surface area contributed by atoms with Gasteiger partial charge in [-0.15, -0.1) is 10.2 Å². The van der Waals surface area contributed by atoms with E-state index in [0.717, 1.165) is 23.0 Å². The Bertz CT molecular complexity index is 1610. The third-order valence-electron chi connectivity index (χ3n) is 7.06. The summed E-state index contributed by atoms with van der Waals surface area (Å²) in [7, 11) is 0. The van der Waals surface area contributed by atoms with Gasteiger partial charge in [-0.05, 0) is 24.1 Å². The second kappa shape index (κ2) is 10.3. The van der Waals surface area contributed by atoms with Gasteiger partial charge in [-0.2, -0.15) is 0 Å². The fourth-order valence-electron chi connectivity index (χ4n) is 5.12. The lowest BCUT2D eigenvalue weighted by Gasteiger charge is -2.39. The third kappa shape index (κ3) is 4.61. The number of pyridine rings is 1. The molecule has 0 spiro atoms. The first-order valence-corrected chi connectivity index (χ1v) is 13.4. The van der Waals surface area contributed by atoms with Crippen molar-refractivity contribution >= 4 is 17.2 Å². The fourth-order valence-corrected chi connectivity index (χ4v) is 5.99. The molecule has 11 heteroatoms. The van der Waals surface area contributed by atoms with Crippen LogP contribution >= 0.6 is 11.3 Å². The summed E-state index contributed by atoms with van der Waals surface area (Å²) in [5, 5.41) is 9.14. The van der Waals surface area contributed by atoms with Crippen LogP contribution in [0.2, 0.25) is 0 Å². The summed E-state index contributed by atoms with van der Waals surface area (Å²) in [6, 6.07) is 12.4. The molecule has 2 aliphatic heterocycles. The fraction of sp³-hybridized carbons (Fsp3) is 0.286. The molecular formula is C28H24F2N4O4S. The molecule has 2 aliphatic rings. The summed E-state index contributed by atoms with van der Waals surface area (Å²) in [5.41, 5.74) is 1.05. The molecule has 1 fully saturated rings. The number of fused-ring (bicyclic) bond motifs is 3. The molecule has 4 aromatic rings. The molecule has 0 saturated carbocycles. The lowest BCUT2D eigenvalue weighted by molar-refractivity contribution is 0.0568. The van der Waals surface area contributed by atoms with E-state index in [9.17, 15) is 18.4 Å². The Morgan fingerprint density at radius 1 is 1.08 bits per heavy atom. The number of rotatable bonds is 7. The van der Waals surface area contributed by atoms with Gasteiger partial charge < -0.3 is 18.9 Å². The molecule has 4 heterocycles. The molecule has 6 rings (SSSR count). The van der Waals surface area contributed by atoms with E-state index in [1.807, 2.05) is 37.3 Å². The van der Waals surface area contributed by atoms with Gasteiger partial charge in [0.05, 0.1) is 30.9 Å². The van der Waals surface area contributed by atoms with E-state index in [4.69, 9.17) is 9.47 Å². The van der Waals surface area contributed by atoms with Crippen LogP contribution in [-0.4, -0.2) is 51.4 Å². The molecule has 2 aromatic heterocycles. The van der Waals surface area contributed by atoms with Gasteiger partial charge in [0.2, 0.25) is 5.43 Å². The number of ether oxygens (including phenoxy) is 2. The third-order valence-corrected chi connectivity index (χ3v) is 8.01. The lowest BCUT2D eigenvalue weighted by atomic mass is 10.0. The zero-order valence-electron chi connectivity index (χ0n) is 21.0. The van der Waals surface area contributed by atoms with Crippen molar-refractivity contribution in [2.75, 3.05) is 19.8 Å². The Morgan fingerprint density at radius 3 is 2.64 bits per heavy atom. The quantitative estimate of drug-likeness (QED) is 0.342. The van der Waals surface area contributed by atoms with E-state index in [-0.39, 0.29) is 53.6 Å². The summed E-state index contributed by atoms with van der Waals surface area (Å²) in [6.45, 7) is 3.25. The number of likely N-dealkylation sites (N-methyl/N-ethyl adjacent to an activating group) is 1. The summed E-state index contributed by atoms with van der Waals surface area (Å²) in [5.74, 6) is -1.68.